The molecule has 0 aliphatic rings. The van der Waals surface area contributed by atoms with Gasteiger partial charge in [-0.05, 0) is 43.2 Å². The Kier molecular flexibility index (Phi) is 7.30. The van der Waals surface area contributed by atoms with Crippen LogP contribution in [-0.2, 0) is 16.1 Å². The monoisotopic (exact) mass is 328 g/mol. The third-order valence-corrected chi connectivity index (χ3v) is 3.35. The molecule has 0 saturated heterocycles. The molecular formula is C20H24O4. The van der Waals surface area contributed by atoms with Crippen molar-refractivity contribution in [1.29, 1.82) is 0 Å². The highest BCUT2D eigenvalue weighted by Crippen LogP contribution is 2.15. The van der Waals surface area contributed by atoms with Gasteiger partial charge in [0.25, 0.3) is 0 Å². The summed E-state index contributed by atoms with van der Waals surface area (Å²) in [7, 11) is 0. The number of ether oxygens (including phenoxy) is 3. The first-order chi connectivity index (χ1) is 11.7. The fourth-order valence-electron chi connectivity index (χ4n) is 2.11. The molecule has 2 rings (SSSR count). The minimum Gasteiger partial charge on any atom is -0.489 e. The summed E-state index contributed by atoms with van der Waals surface area (Å²) in [6, 6.07) is 16.9. The van der Waals surface area contributed by atoms with Crippen LogP contribution in [0.3, 0.4) is 0 Å². The van der Waals surface area contributed by atoms with E-state index in [1.54, 1.807) is 24.3 Å². The van der Waals surface area contributed by atoms with E-state index in [9.17, 15) is 4.79 Å². The highest BCUT2D eigenvalue weighted by molar-refractivity contribution is 5.89. The van der Waals surface area contributed by atoms with Crippen molar-refractivity contribution in [2.75, 3.05) is 13.2 Å². The summed E-state index contributed by atoms with van der Waals surface area (Å²) in [6.45, 7) is 5.45. The van der Waals surface area contributed by atoms with Gasteiger partial charge in [0.15, 0.2) is 0 Å². The molecule has 2 aromatic carbocycles. The van der Waals surface area contributed by atoms with Gasteiger partial charge < -0.3 is 14.2 Å². The second-order valence-electron chi connectivity index (χ2n) is 5.59. The molecule has 0 amide bonds. The topological polar surface area (TPSA) is 44.8 Å². The van der Waals surface area contributed by atoms with Crippen molar-refractivity contribution in [3.63, 3.8) is 0 Å². The molecule has 0 bridgehead atoms. The Bertz CT molecular complexity index is 607. The Morgan fingerprint density at radius 3 is 2.42 bits per heavy atom. The smallest absolute Gasteiger partial charge is 0.338 e. The van der Waals surface area contributed by atoms with Crippen LogP contribution in [-0.4, -0.2) is 25.3 Å². The second kappa shape index (κ2) is 9.73. The third-order valence-electron chi connectivity index (χ3n) is 3.35. The zero-order chi connectivity index (χ0) is 17.2. The Morgan fingerprint density at radius 1 is 1.04 bits per heavy atom. The lowest BCUT2D eigenvalue weighted by Crippen LogP contribution is -2.20. The Morgan fingerprint density at radius 2 is 1.75 bits per heavy atom. The van der Waals surface area contributed by atoms with E-state index in [4.69, 9.17) is 14.2 Å². The Hall–Kier alpha value is -2.33. The lowest BCUT2D eigenvalue weighted by atomic mass is 10.2. The first-order valence-electron chi connectivity index (χ1n) is 8.24. The van der Waals surface area contributed by atoms with Crippen LogP contribution in [0.25, 0.3) is 0 Å². The summed E-state index contributed by atoms with van der Waals surface area (Å²) >= 11 is 0. The van der Waals surface area contributed by atoms with Crippen LogP contribution in [0.15, 0.2) is 54.6 Å². The molecule has 4 nitrogen and oxygen atoms in total. The summed E-state index contributed by atoms with van der Waals surface area (Å²) in [5, 5.41) is 0. The van der Waals surface area contributed by atoms with E-state index in [1.165, 1.54) is 0 Å². The molecule has 2 aromatic rings. The molecule has 24 heavy (non-hydrogen) atoms. The van der Waals surface area contributed by atoms with Crippen molar-refractivity contribution in [2.45, 2.75) is 33.0 Å². The van der Waals surface area contributed by atoms with Gasteiger partial charge in [-0.1, -0.05) is 37.3 Å². The van der Waals surface area contributed by atoms with Gasteiger partial charge in [-0.15, -0.1) is 0 Å². The average Bonchev–Trinajstić information content (AvgIpc) is 2.61. The molecule has 1 unspecified atom stereocenters. The number of rotatable bonds is 9. The van der Waals surface area contributed by atoms with E-state index < -0.39 is 0 Å². The zero-order valence-corrected chi connectivity index (χ0v) is 14.2. The summed E-state index contributed by atoms with van der Waals surface area (Å²) in [4.78, 5) is 12.1. The van der Waals surface area contributed by atoms with Crippen molar-refractivity contribution < 1.29 is 19.0 Å². The molecule has 0 aromatic heterocycles. The minimum absolute atomic E-state index is 0.266. The fourth-order valence-corrected chi connectivity index (χ4v) is 2.11. The number of benzene rings is 2. The van der Waals surface area contributed by atoms with E-state index in [0.717, 1.165) is 17.7 Å². The van der Waals surface area contributed by atoms with Gasteiger partial charge in [-0.2, -0.15) is 0 Å². The molecule has 4 heteroatoms. The number of carbonyl (C=O) groups is 1. The van der Waals surface area contributed by atoms with Crippen molar-refractivity contribution in [3.05, 3.63) is 65.7 Å². The number of hydrogen-bond acceptors (Lipinski definition) is 4. The minimum atomic E-state index is -0.350. The van der Waals surface area contributed by atoms with Crippen LogP contribution < -0.4 is 4.74 Å². The van der Waals surface area contributed by atoms with E-state index in [-0.39, 0.29) is 12.1 Å². The molecule has 0 heterocycles. The maximum absolute atomic E-state index is 12.1. The molecule has 0 saturated carbocycles. The quantitative estimate of drug-likeness (QED) is 0.510. The molecule has 1 atom stereocenters. The largest absolute Gasteiger partial charge is 0.489 e. The van der Waals surface area contributed by atoms with Crippen molar-refractivity contribution in [2.24, 2.45) is 0 Å². The van der Waals surface area contributed by atoms with E-state index in [2.05, 4.69) is 0 Å². The Labute approximate surface area is 143 Å². The van der Waals surface area contributed by atoms with Crippen LogP contribution >= 0.6 is 0 Å². The van der Waals surface area contributed by atoms with Gasteiger partial charge in [-0.3, -0.25) is 0 Å². The van der Waals surface area contributed by atoms with Gasteiger partial charge in [0, 0.05) is 6.61 Å². The molecule has 0 radical (unpaired) electrons. The maximum Gasteiger partial charge on any atom is 0.338 e. The second-order valence-corrected chi connectivity index (χ2v) is 5.59. The molecule has 0 aliphatic heterocycles. The van der Waals surface area contributed by atoms with Gasteiger partial charge in [-0.25, -0.2) is 4.79 Å². The van der Waals surface area contributed by atoms with Crippen molar-refractivity contribution >= 4 is 5.97 Å². The molecule has 0 aliphatic carbocycles. The van der Waals surface area contributed by atoms with Crippen LogP contribution in [0, 0.1) is 0 Å². The van der Waals surface area contributed by atoms with Gasteiger partial charge >= 0.3 is 5.97 Å². The van der Waals surface area contributed by atoms with E-state index in [1.807, 2.05) is 44.2 Å². The lowest BCUT2D eigenvalue weighted by Gasteiger charge is -2.13. The number of hydrogen-bond donors (Lipinski definition) is 0. The van der Waals surface area contributed by atoms with E-state index >= 15 is 0 Å². The van der Waals surface area contributed by atoms with Crippen LogP contribution in [0.5, 0.6) is 5.75 Å². The first kappa shape index (κ1) is 18.0. The number of carbonyl (C=O) groups excluding carboxylic acids is 1. The molecule has 0 N–H and O–H groups in total. The zero-order valence-electron chi connectivity index (χ0n) is 14.2. The Balaban J connectivity index is 1.81. The van der Waals surface area contributed by atoms with Crippen LogP contribution in [0.2, 0.25) is 0 Å². The van der Waals surface area contributed by atoms with Crippen LogP contribution in [0.1, 0.15) is 36.2 Å². The predicted octanol–water partition coefficient (Wildman–Crippen LogP) is 4.24. The maximum atomic E-state index is 12.1. The molecular weight excluding hydrogens is 304 g/mol. The summed E-state index contributed by atoms with van der Waals surface area (Å²) in [6.07, 6.45) is 0.684. The number of esters is 1. The van der Waals surface area contributed by atoms with Crippen molar-refractivity contribution in [1.82, 2.24) is 0 Å². The highest BCUT2D eigenvalue weighted by atomic mass is 16.6. The van der Waals surface area contributed by atoms with Crippen LogP contribution in [0.4, 0.5) is 0 Å². The predicted molar refractivity (Wildman–Crippen MR) is 93.2 cm³/mol. The SMILES string of the molecule is CCCOCC(C)OC(=O)c1ccc(OCc2ccccc2)cc1. The van der Waals surface area contributed by atoms with Gasteiger partial charge in [0.2, 0.25) is 0 Å². The summed E-state index contributed by atoms with van der Waals surface area (Å²) in [5.41, 5.74) is 1.60. The summed E-state index contributed by atoms with van der Waals surface area (Å²) < 4.78 is 16.4. The molecule has 0 fully saturated rings. The fraction of sp³-hybridized carbons (Fsp3) is 0.350. The first-order valence-corrected chi connectivity index (χ1v) is 8.24. The highest BCUT2D eigenvalue weighted by Gasteiger charge is 2.12. The van der Waals surface area contributed by atoms with Gasteiger partial charge in [0.05, 0.1) is 12.2 Å². The van der Waals surface area contributed by atoms with Gasteiger partial charge in [0.1, 0.15) is 18.5 Å². The van der Waals surface area contributed by atoms with Crippen molar-refractivity contribution in [3.8, 4) is 5.75 Å². The normalized spacial score (nSPS) is 11.8. The molecule has 0 spiro atoms. The molecule has 128 valence electrons. The van der Waals surface area contributed by atoms with E-state index in [0.29, 0.717) is 25.4 Å². The average molecular weight is 328 g/mol. The third kappa shape index (κ3) is 6.05. The lowest BCUT2D eigenvalue weighted by molar-refractivity contribution is 0.00226. The summed E-state index contributed by atoms with van der Waals surface area (Å²) in [5.74, 6) is 0.368. The standard InChI is InChI=1S/C20H24O4/c1-3-13-22-14-16(2)24-20(21)18-9-11-19(12-10-18)23-15-17-7-5-4-6-8-17/h4-12,16H,3,13-15H2,1-2H3.